The van der Waals surface area contributed by atoms with E-state index in [2.05, 4.69) is 112 Å². The molecule has 1 unspecified atom stereocenters. The Kier molecular flexibility index (Phi) is 7.81. The maximum absolute atomic E-state index is 11.4. The Labute approximate surface area is 223 Å². The molecule has 2 N–H and O–H groups in total. The van der Waals surface area contributed by atoms with E-state index in [-0.39, 0.29) is 11.1 Å². The van der Waals surface area contributed by atoms with Crippen LogP contribution in [0.5, 0.6) is 11.5 Å². The van der Waals surface area contributed by atoms with Crippen LogP contribution >= 0.6 is 7.26 Å². The molecule has 0 aliphatic carbocycles. The highest BCUT2D eigenvalue weighted by Gasteiger charge is 2.52. The van der Waals surface area contributed by atoms with Gasteiger partial charge in [-0.2, -0.15) is 0 Å². The molecule has 0 heterocycles. The van der Waals surface area contributed by atoms with Crippen LogP contribution < -0.4 is 15.9 Å². The fourth-order valence-electron chi connectivity index (χ4n) is 6.47. The van der Waals surface area contributed by atoms with Crippen molar-refractivity contribution in [3.8, 4) is 11.5 Å². The second kappa shape index (κ2) is 10.7. The molecule has 0 fully saturated rings. The number of hydrogen-bond acceptors (Lipinski definition) is 2. The van der Waals surface area contributed by atoms with Gasteiger partial charge in [-0.1, -0.05) is 75.4 Å². The molecule has 192 valence electrons. The van der Waals surface area contributed by atoms with Crippen molar-refractivity contribution in [2.24, 2.45) is 0 Å². The van der Waals surface area contributed by atoms with Crippen molar-refractivity contribution in [3.63, 3.8) is 0 Å². The summed E-state index contributed by atoms with van der Waals surface area (Å²) in [7, 11) is -2.07. The van der Waals surface area contributed by atoms with Gasteiger partial charge in [0, 0.05) is 11.1 Å². The summed E-state index contributed by atoms with van der Waals surface area (Å²) in [6.07, 6.45) is 1.53. The molecule has 2 nitrogen and oxygen atoms in total. The molecule has 4 aromatic carbocycles. The highest BCUT2D eigenvalue weighted by molar-refractivity contribution is 7.96. The zero-order valence-electron chi connectivity index (χ0n) is 23.0. The number of phenolic OH excluding ortho intramolecular Hbond substituents is 2. The van der Waals surface area contributed by atoms with E-state index in [4.69, 9.17) is 0 Å². The molecule has 37 heavy (non-hydrogen) atoms. The Morgan fingerprint density at radius 2 is 1.08 bits per heavy atom. The fourth-order valence-corrected chi connectivity index (χ4v) is 11.5. The van der Waals surface area contributed by atoms with E-state index in [0.29, 0.717) is 17.9 Å². The molecule has 0 saturated carbocycles. The molecular formula is C34H40O2P+. The van der Waals surface area contributed by atoms with Crippen LogP contribution in [0.4, 0.5) is 0 Å². The summed E-state index contributed by atoms with van der Waals surface area (Å²) in [6.45, 7) is 12.7. The first-order chi connectivity index (χ1) is 17.7. The Morgan fingerprint density at radius 3 is 1.46 bits per heavy atom. The number of hydrogen-bond donors (Lipinski definition) is 2. The molecule has 0 amide bonds. The summed E-state index contributed by atoms with van der Waals surface area (Å²) in [5, 5.41) is 26.6. The molecule has 0 radical (unpaired) electrons. The van der Waals surface area contributed by atoms with E-state index in [1.807, 2.05) is 20.8 Å². The predicted octanol–water partition coefficient (Wildman–Crippen LogP) is 7.33. The Hall–Kier alpha value is -3.09. The molecule has 3 heteroatoms. The van der Waals surface area contributed by atoms with Gasteiger partial charge in [-0.3, -0.25) is 0 Å². The van der Waals surface area contributed by atoms with Crippen LogP contribution in [-0.2, 0) is 11.8 Å². The van der Waals surface area contributed by atoms with Gasteiger partial charge in [0.1, 0.15) is 34.7 Å². The monoisotopic (exact) mass is 511 g/mol. The topological polar surface area (TPSA) is 40.5 Å². The smallest absolute Gasteiger partial charge is 0.123 e. The van der Waals surface area contributed by atoms with Gasteiger partial charge in [-0.25, -0.2) is 0 Å². The first-order valence-electron chi connectivity index (χ1n) is 13.3. The lowest BCUT2D eigenvalue weighted by molar-refractivity contribution is 0.402. The highest BCUT2D eigenvalue weighted by Crippen LogP contribution is 2.62. The van der Waals surface area contributed by atoms with Crippen LogP contribution in [0.15, 0.2) is 91.0 Å². The zero-order chi connectivity index (χ0) is 26.8. The number of phenols is 2. The van der Waals surface area contributed by atoms with Gasteiger partial charge in [0.2, 0.25) is 0 Å². The normalized spacial score (nSPS) is 12.9. The molecule has 0 aliphatic rings. The lowest BCUT2D eigenvalue weighted by atomic mass is 9.76. The first kappa shape index (κ1) is 27.0. The minimum atomic E-state index is -2.07. The van der Waals surface area contributed by atoms with Crippen molar-refractivity contribution in [2.45, 2.75) is 65.5 Å². The maximum atomic E-state index is 11.4. The van der Waals surface area contributed by atoms with Crippen LogP contribution in [0.2, 0.25) is 0 Å². The van der Waals surface area contributed by atoms with Crippen molar-refractivity contribution < 1.29 is 10.2 Å². The van der Waals surface area contributed by atoms with Crippen molar-refractivity contribution in [1.29, 1.82) is 0 Å². The number of benzene rings is 4. The van der Waals surface area contributed by atoms with Crippen molar-refractivity contribution in [1.82, 2.24) is 0 Å². The minimum Gasteiger partial charge on any atom is -0.507 e. The third kappa shape index (κ3) is 4.69. The Morgan fingerprint density at radius 1 is 0.676 bits per heavy atom. The summed E-state index contributed by atoms with van der Waals surface area (Å²) in [5.74, 6) is 0.649. The van der Waals surface area contributed by atoms with Crippen LogP contribution in [0, 0.1) is 13.8 Å². The summed E-state index contributed by atoms with van der Waals surface area (Å²) < 4.78 is 0. The summed E-state index contributed by atoms with van der Waals surface area (Å²) in [5.41, 5.74) is 3.17. The number of rotatable bonds is 8. The first-order valence-corrected chi connectivity index (χ1v) is 15.1. The van der Waals surface area contributed by atoms with Crippen LogP contribution in [0.3, 0.4) is 0 Å². The molecule has 4 rings (SSSR count). The Bertz CT molecular complexity index is 1220. The largest absolute Gasteiger partial charge is 0.507 e. The molecule has 0 spiro atoms. The SMILES string of the molecule is CCc1c(C)c(O)c(C(C)(C)CC(C)[P+](c2ccccc2)(c2ccccc2)c2ccccc2)c(C)c1O. The van der Waals surface area contributed by atoms with Gasteiger partial charge in [-0.05, 0) is 86.6 Å². The lowest BCUT2D eigenvalue weighted by Gasteiger charge is -2.38. The van der Waals surface area contributed by atoms with Gasteiger partial charge in [0.15, 0.2) is 0 Å². The van der Waals surface area contributed by atoms with Gasteiger partial charge in [-0.15, -0.1) is 0 Å². The van der Waals surface area contributed by atoms with E-state index >= 15 is 0 Å². The quantitative estimate of drug-likeness (QED) is 0.192. The van der Waals surface area contributed by atoms with Gasteiger partial charge >= 0.3 is 0 Å². The van der Waals surface area contributed by atoms with Crippen molar-refractivity contribution >= 4 is 23.2 Å². The molecule has 0 saturated heterocycles. The average Bonchev–Trinajstić information content (AvgIpc) is 2.90. The van der Waals surface area contributed by atoms with E-state index in [9.17, 15) is 10.2 Å². The number of aromatic hydroxyl groups is 2. The van der Waals surface area contributed by atoms with Gasteiger partial charge in [0.25, 0.3) is 0 Å². The second-order valence-corrected chi connectivity index (χ2v) is 14.7. The third-order valence-electron chi connectivity index (χ3n) is 8.05. The predicted molar refractivity (Wildman–Crippen MR) is 161 cm³/mol. The summed E-state index contributed by atoms with van der Waals surface area (Å²) in [4.78, 5) is 0. The zero-order valence-corrected chi connectivity index (χ0v) is 23.9. The van der Waals surface area contributed by atoms with Crippen molar-refractivity contribution in [3.05, 3.63) is 113 Å². The van der Waals surface area contributed by atoms with Crippen LogP contribution in [-0.4, -0.2) is 15.9 Å². The van der Waals surface area contributed by atoms with Gasteiger partial charge < -0.3 is 10.2 Å². The molecule has 0 bridgehead atoms. The van der Waals surface area contributed by atoms with Crippen molar-refractivity contribution in [2.75, 3.05) is 0 Å². The lowest BCUT2D eigenvalue weighted by Crippen LogP contribution is -2.40. The Balaban J connectivity index is 1.94. The molecule has 1 atom stereocenters. The van der Waals surface area contributed by atoms with E-state index in [0.717, 1.165) is 28.7 Å². The summed E-state index contributed by atoms with van der Waals surface area (Å²) in [6, 6.07) is 32.9. The summed E-state index contributed by atoms with van der Waals surface area (Å²) >= 11 is 0. The highest BCUT2D eigenvalue weighted by atomic mass is 31.2. The van der Waals surface area contributed by atoms with Crippen LogP contribution in [0.25, 0.3) is 0 Å². The van der Waals surface area contributed by atoms with E-state index in [1.165, 1.54) is 15.9 Å². The van der Waals surface area contributed by atoms with Crippen LogP contribution in [0.1, 0.15) is 56.4 Å². The minimum absolute atomic E-state index is 0.266. The standard InChI is InChI=1S/C34H39O2P/c1-7-30-25(3)33(36)31(26(4)32(30)35)34(5,6)23-24(2)37(27-17-11-8-12-18-27,28-19-13-9-14-20-28)29-21-15-10-16-22-29/h8-22,24H,7,23H2,1-6H3,(H-,35,36)/p+1. The average molecular weight is 512 g/mol. The molecular weight excluding hydrogens is 471 g/mol. The molecule has 0 aliphatic heterocycles. The molecule has 0 aromatic heterocycles. The van der Waals surface area contributed by atoms with E-state index < -0.39 is 7.26 Å². The second-order valence-electron chi connectivity index (χ2n) is 10.8. The molecule has 4 aromatic rings. The maximum Gasteiger partial charge on any atom is 0.123 e. The van der Waals surface area contributed by atoms with Gasteiger partial charge in [0.05, 0.1) is 5.66 Å². The third-order valence-corrected chi connectivity index (χ3v) is 12.9. The fraction of sp³-hybridized carbons (Fsp3) is 0.294. The van der Waals surface area contributed by atoms with E-state index in [1.54, 1.807) is 0 Å².